The van der Waals surface area contributed by atoms with Gasteiger partial charge in [0.25, 0.3) is 0 Å². The predicted molar refractivity (Wildman–Crippen MR) is 139 cm³/mol. The van der Waals surface area contributed by atoms with Gasteiger partial charge in [-0.15, -0.1) is 28.5 Å². The summed E-state index contributed by atoms with van der Waals surface area (Å²) in [5, 5.41) is 22.2. The van der Waals surface area contributed by atoms with E-state index in [0.29, 0.717) is 29.1 Å². The van der Waals surface area contributed by atoms with Gasteiger partial charge in [-0.3, -0.25) is 29.4 Å². The molecule has 1 fully saturated rings. The standard InChI is InChI=1S/C25H24F3N7O5S/c26-25(27,28)40-17-6-3-4-15(12-17)13-19(36)29-18-9-8-16(31-32-18)5-1-2-7-21-33-34-24(41-21)30-20(37)14-35-22(38)10-11-23(35)39/h3-4,6,8-9,12H,1-2,5,7,10-11,13-14H2,(H,29,32,36)(H,30,34,37). The van der Waals surface area contributed by atoms with Crippen LogP contribution in [0.5, 0.6) is 5.75 Å². The molecule has 2 aromatic heterocycles. The fourth-order valence-corrected chi connectivity index (χ4v) is 4.67. The first kappa shape index (κ1) is 29.5. The number of imide groups is 1. The molecule has 0 radical (unpaired) electrons. The van der Waals surface area contributed by atoms with Crippen LogP contribution in [0.25, 0.3) is 0 Å². The fraction of sp³-hybridized carbons (Fsp3) is 0.360. The van der Waals surface area contributed by atoms with Gasteiger partial charge in [0.15, 0.2) is 5.82 Å². The van der Waals surface area contributed by atoms with E-state index in [0.717, 1.165) is 29.9 Å². The summed E-state index contributed by atoms with van der Waals surface area (Å²) in [6.07, 6.45) is -2.00. The molecular weight excluding hydrogens is 567 g/mol. The van der Waals surface area contributed by atoms with Crippen LogP contribution in [0.4, 0.5) is 24.1 Å². The molecule has 0 atom stereocenters. The van der Waals surface area contributed by atoms with Crippen molar-refractivity contribution in [2.24, 2.45) is 0 Å². The number of halogens is 3. The normalized spacial score (nSPS) is 13.4. The molecule has 41 heavy (non-hydrogen) atoms. The number of nitrogens with one attached hydrogen (secondary N) is 2. The van der Waals surface area contributed by atoms with E-state index in [1.807, 2.05) is 0 Å². The highest BCUT2D eigenvalue weighted by Crippen LogP contribution is 2.24. The minimum Gasteiger partial charge on any atom is -0.406 e. The van der Waals surface area contributed by atoms with Crippen LogP contribution in [-0.2, 0) is 38.4 Å². The average molecular weight is 592 g/mol. The van der Waals surface area contributed by atoms with E-state index in [-0.39, 0.29) is 48.6 Å². The second-order valence-corrected chi connectivity index (χ2v) is 10.0. The lowest BCUT2D eigenvalue weighted by Crippen LogP contribution is -2.36. The van der Waals surface area contributed by atoms with E-state index in [4.69, 9.17) is 0 Å². The smallest absolute Gasteiger partial charge is 0.406 e. The molecule has 0 aliphatic carbocycles. The number of aryl methyl sites for hydroxylation is 2. The minimum atomic E-state index is -4.82. The Kier molecular flexibility index (Phi) is 9.54. The first-order valence-electron chi connectivity index (χ1n) is 12.5. The first-order chi connectivity index (χ1) is 19.5. The second-order valence-electron chi connectivity index (χ2n) is 8.96. The van der Waals surface area contributed by atoms with Crippen molar-refractivity contribution in [2.45, 2.75) is 51.3 Å². The number of alkyl halides is 3. The number of hydrogen-bond donors (Lipinski definition) is 2. The average Bonchev–Trinajstić information content (AvgIpc) is 3.47. The molecule has 0 unspecified atom stereocenters. The number of nitrogens with zero attached hydrogens (tertiary/aromatic N) is 5. The molecular formula is C25H24F3N7O5S. The van der Waals surface area contributed by atoms with Gasteiger partial charge >= 0.3 is 6.36 Å². The van der Waals surface area contributed by atoms with Crippen LogP contribution in [0.15, 0.2) is 36.4 Å². The van der Waals surface area contributed by atoms with Gasteiger partial charge in [-0.05, 0) is 49.1 Å². The third kappa shape index (κ3) is 9.30. The summed E-state index contributed by atoms with van der Waals surface area (Å²) in [5.41, 5.74) is 1.05. The summed E-state index contributed by atoms with van der Waals surface area (Å²) in [7, 11) is 0. The summed E-state index contributed by atoms with van der Waals surface area (Å²) in [5.74, 6) is -1.91. The van der Waals surface area contributed by atoms with Crippen molar-refractivity contribution in [3.63, 3.8) is 0 Å². The third-order valence-corrected chi connectivity index (χ3v) is 6.63. The van der Waals surface area contributed by atoms with E-state index in [9.17, 15) is 32.3 Å². The zero-order chi connectivity index (χ0) is 29.4. The number of unbranched alkanes of at least 4 members (excludes halogenated alkanes) is 1. The quantitative estimate of drug-likeness (QED) is 0.239. The van der Waals surface area contributed by atoms with Gasteiger partial charge in [-0.1, -0.05) is 23.5 Å². The molecule has 1 aliphatic heterocycles. The zero-order valence-corrected chi connectivity index (χ0v) is 22.3. The summed E-state index contributed by atoms with van der Waals surface area (Å²) >= 11 is 1.21. The van der Waals surface area contributed by atoms with Gasteiger partial charge < -0.3 is 10.1 Å². The number of hydrogen-bond acceptors (Lipinski definition) is 10. The monoisotopic (exact) mass is 591 g/mol. The summed E-state index contributed by atoms with van der Waals surface area (Å²) < 4.78 is 41.0. The molecule has 0 spiro atoms. The van der Waals surface area contributed by atoms with Crippen molar-refractivity contribution in [3.8, 4) is 5.75 Å². The summed E-state index contributed by atoms with van der Waals surface area (Å²) in [6.45, 7) is -0.343. The number of benzene rings is 1. The summed E-state index contributed by atoms with van der Waals surface area (Å²) in [6, 6.07) is 8.48. The molecule has 0 bridgehead atoms. The molecule has 1 saturated heterocycles. The highest BCUT2D eigenvalue weighted by Gasteiger charge is 2.31. The van der Waals surface area contributed by atoms with Crippen molar-refractivity contribution in [2.75, 3.05) is 17.2 Å². The Morgan fingerprint density at radius 2 is 1.68 bits per heavy atom. The molecule has 1 aliphatic rings. The van der Waals surface area contributed by atoms with Crippen molar-refractivity contribution in [1.29, 1.82) is 0 Å². The van der Waals surface area contributed by atoms with Gasteiger partial charge in [0.2, 0.25) is 28.8 Å². The first-order valence-corrected chi connectivity index (χ1v) is 13.3. The SMILES string of the molecule is O=C(Cc1cccc(OC(F)(F)F)c1)Nc1ccc(CCCCc2nnc(NC(=O)CN3C(=O)CCC3=O)s2)nn1. The minimum absolute atomic E-state index is 0.118. The highest BCUT2D eigenvalue weighted by atomic mass is 32.1. The van der Waals surface area contributed by atoms with Crippen molar-refractivity contribution in [3.05, 3.63) is 52.7 Å². The molecule has 3 heterocycles. The zero-order valence-electron chi connectivity index (χ0n) is 21.4. The maximum atomic E-state index is 12.4. The van der Waals surface area contributed by atoms with Crippen LogP contribution in [0.2, 0.25) is 0 Å². The molecule has 1 aromatic carbocycles. The Balaban J connectivity index is 1.15. The van der Waals surface area contributed by atoms with Gasteiger partial charge in [0, 0.05) is 19.3 Å². The van der Waals surface area contributed by atoms with Crippen LogP contribution in [0.1, 0.15) is 41.9 Å². The van der Waals surface area contributed by atoms with Gasteiger partial charge in [-0.25, -0.2) is 0 Å². The number of aromatic nitrogens is 4. The van der Waals surface area contributed by atoms with E-state index < -0.39 is 23.9 Å². The fourth-order valence-electron chi connectivity index (χ4n) is 3.87. The number of amides is 4. The highest BCUT2D eigenvalue weighted by molar-refractivity contribution is 7.15. The van der Waals surface area contributed by atoms with Crippen LogP contribution in [0, 0.1) is 0 Å². The van der Waals surface area contributed by atoms with E-state index in [1.54, 1.807) is 12.1 Å². The Morgan fingerprint density at radius 1 is 0.927 bits per heavy atom. The van der Waals surface area contributed by atoms with E-state index in [1.165, 1.54) is 23.5 Å². The van der Waals surface area contributed by atoms with Crippen molar-refractivity contribution >= 4 is 45.9 Å². The molecule has 3 aromatic rings. The van der Waals surface area contributed by atoms with Gasteiger partial charge in [-0.2, -0.15) is 5.10 Å². The number of anilines is 2. The van der Waals surface area contributed by atoms with Crippen molar-refractivity contribution < 1.29 is 37.1 Å². The lowest BCUT2D eigenvalue weighted by molar-refractivity contribution is -0.274. The number of ether oxygens (including phenoxy) is 1. The number of carbonyl (C=O) groups is 4. The molecule has 16 heteroatoms. The molecule has 4 amide bonds. The molecule has 12 nitrogen and oxygen atoms in total. The third-order valence-electron chi connectivity index (χ3n) is 5.73. The summed E-state index contributed by atoms with van der Waals surface area (Å²) in [4.78, 5) is 48.6. The van der Waals surface area contributed by atoms with Crippen molar-refractivity contribution in [1.82, 2.24) is 25.3 Å². The molecule has 2 N–H and O–H groups in total. The largest absolute Gasteiger partial charge is 0.573 e. The lowest BCUT2D eigenvalue weighted by atomic mass is 10.1. The lowest BCUT2D eigenvalue weighted by Gasteiger charge is -2.11. The Labute approximate surface area is 235 Å². The van der Waals surface area contributed by atoms with E-state index >= 15 is 0 Å². The Hall–Kier alpha value is -4.47. The number of likely N-dealkylation sites (tertiary alicyclic amines) is 1. The predicted octanol–water partition coefficient (Wildman–Crippen LogP) is 3.06. The second kappa shape index (κ2) is 13.3. The van der Waals surface area contributed by atoms with E-state index in [2.05, 4.69) is 35.8 Å². The van der Waals surface area contributed by atoms with Crippen LogP contribution < -0.4 is 15.4 Å². The van der Waals surface area contributed by atoms with Crippen LogP contribution >= 0.6 is 11.3 Å². The Bertz CT molecular complexity index is 1400. The molecule has 4 rings (SSSR count). The molecule has 216 valence electrons. The number of rotatable bonds is 12. The molecule has 0 saturated carbocycles. The van der Waals surface area contributed by atoms with Crippen LogP contribution in [-0.4, -0.2) is 61.8 Å². The maximum Gasteiger partial charge on any atom is 0.573 e. The Morgan fingerprint density at radius 3 is 2.39 bits per heavy atom. The van der Waals surface area contributed by atoms with Gasteiger partial charge in [0.1, 0.15) is 17.3 Å². The topological polar surface area (TPSA) is 156 Å². The maximum absolute atomic E-state index is 12.4. The van der Waals surface area contributed by atoms with Crippen LogP contribution in [0.3, 0.4) is 0 Å². The number of carbonyl (C=O) groups excluding carboxylic acids is 4. The van der Waals surface area contributed by atoms with Gasteiger partial charge in [0.05, 0.1) is 12.1 Å².